The van der Waals surface area contributed by atoms with Gasteiger partial charge in [0.05, 0.1) is 11.4 Å². The van der Waals surface area contributed by atoms with Crippen molar-refractivity contribution in [2.75, 3.05) is 31.2 Å². The molecule has 10 nitrogen and oxygen atoms in total. The van der Waals surface area contributed by atoms with Crippen molar-refractivity contribution in [1.29, 1.82) is 0 Å². The summed E-state index contributed by atoms with van der Waals surface area (Å²) in [5, 5.41) is 9.11. The van der Waals surface area contributed by atoms with Crippen LogP contribution < -0.4 is 11.1 Å². The largest absolute Gasteiger partial charge is 0.423 e. The number of methoxy groups -OCH3 is 1. The third kappa shape index (κ3) is 4.59. The van der Waals surface area contributed by atoms with Crippen molar-refractivity contribution in [3.63, 3.8) is 0 Å². The summed E-state index contributed by atoms with van der Waals surface area (Å²) in [5.41, 5.74) is 13.2. The van der Waals surface area contributed by atoms with Crippen LogP contribution in [0.4, 0.5) is 17.5 Å². The van der Waals surface area contributed by atoms with E-state index >= 15 is 0 Å². The molecule has 5 aromatic rings. The quantitative estimate of drug-likeness (QED) is 0.291. The molecule has 0 saturated carbocycles. The number of nitrogens with two attached hydrogens (primary N) is 1. The van der Waals surface area contributed by atoms with E-state index in [1.807, 2.05) is 41.9 Å². The number of piperidine rings is 1. The summed E-state index contributed by atoms with van der Waals surface area (Å²) in [4.78, 5) is 15.8. The summed E-state index contributed by atoms with van der Waals surface area (Å²) < 4.78 is 13.8. The number of benzene rings is 2. The van der Waals surface area contributed by atoms with Crippen LogP contribution >= 0.6 is 0 Å². The zero-order valence-electron chi connectivity index (χ0n) is 23.0. The molecule has 1 atom stereocenters. The second kappa shape index (κ2) is 9.62. The molecule has 0 amide bonds. The van der Waals surface area contributed by atoms with Gasteiger partial charge in [0.25, 0.3) is 6.01 Å². The highest BCUT2D eigenvalue weighted by Gasteiger charge is 2.33. The maximum atomic E-state index is 6.38. The Bertz CT molecular complexity index is 1650. The van der Waals surface area contributed by atoms with Crippen LogP contribution in [0.2, 0.25) is 0 Å². The van der Waals surface area contributed by atoms with Crippen LogP contribution in [0.25, 0.3) is 33.4 Å². The van der Waals surface area contributed by atoms with E-state index in [4.69, 9.17) is 20.0 Å². The predicted octanol–water partition coefficient (Wildman–Crippen LogP) is 5.60. The molecule has 0 aliphatic carbocycles. The molecule has 0 unspecified atom stereocenters. The SMILES string of the molecule is COC(C)(C)N1CCC[C@H](n2nc(-c3ccc(Nc4nc5cc(C)cc(C)c5o4)cc3)c3c(N)ncnc32)C1. The highest BCUT2D eigenvalue weighted by molar-refractivity contribution is 5.98. The van der Waals surface area contributed by atoms with E-state index in [0.29, 0.717) is 11.8 Å². The lowest BCUT2D eigenvalue weighted by molar-refractivity contribution is -0.122. The standard InChI is InChI=1S/C29H34N8O2/c1-17-13-18(2)25-22(14-17)34-28(39-25)33-20-10-8-19(9-11-20)24-23-26(30)31-16-32-27(23)37(35-24)21-7-6-12-36(15-21)29(3,4)38-5/h8-11,13-14,16,21H,6-7,12,15H2,1-5H3,(H,33,34)(H2,30,31,32)/t21-/m0/s1. The molecule has 1 fully saturated rings. The minimum Gasteiger partial charge on any atom is -0.423 e. The lowest BCUT2D eigenvalue weighted by Gasteiger charge is -2.42. The Labute approximate surface area is 227 Å². The topological polar surface area (TPSA) is 120 Å². The van der Waals surface area contributed by atoms with Gasteiger partial charge in [0, 0.05) is 31.5 Å². The number of aromatic nitrogens is 5. The average molecular weight is 527 g/mol. The Kier molecular flexibility index (Phi) is 6.23. The van der Waals surface area contributed by atoms with Crippen LogP contribution in [0, 0.1) is 13.8 Å². The zero-order chi connectivity index (χ0) is 27.3. The number of hydrogen-bond acceptors (Lipinski definition) is 9. The Morgan fingerprint density at radius 1 is 1.13 bits per heavy atom. The predicted molar refractivity (Wildman–Crippen MR) is 153 cm³/mol. The van der Waals surface area contributed by atoms with E-state index in [-0.39, 0.29) is 11.8 Å². The van der Waals surface area contributed by atoms with Crippen molar-refractivity contribution in [3.8, 4) is 11.3 Å². The van der Waals surface area contributed by atoms with Gasteiger partial charge in [0.1, 0.15) is 29.1 Å². The summed E-state index contributed by atoms with van der Waals surface area (Å²) in [6.45, 7) is 10.1. The fourth-order valence-corrected chi connectivity index (χ4v) is 5.49. The fourth-order valence-electron chi connectivity index (χ4n) is 5.49. The molecule has 1 saturated heterocycles. The minimum absolute atomic E-state index is 0.144. The Morgan fingerprint density at radius 3 is 2.69 bits per heavy atom. The van der Waals surface area contributed by atoms with Gasteiger partial charge < -0.3 is 20.2 Å². The van der Waals surface area contributed by atoms with Gasteiger partial charge in [0.15, 0.2) is 11.2 Å². The van der Waals surface area contributed by atoms with Gasteiger partial charge in [0.2, 0.25) is 0 Å². The number of nitrogens with one attached hydrogen (secondary N) is 1. The van der Waals surface area contributed by atoms with E-state index in [2.05, 4.69) is 52.0 Å². The van der Waals surface area contributed by atoms with Crippen molar-refractivity contribution in [2.45, 2.75) is 52.3 Å². The Balaban J connectivity index is 1.31. The van der Waals surface area contributed by atoms with Gasteiger partial charge in [-0.1, -0.05) is 18.2 Å². The van der Waals surface area contributed by atoms with Crippen LogP contribution in [0.1, 0.15) is 43.9 Å². The van der Waals surface area contributed by atoms with E-state index < -0.39 is 0 Å². The number of nitrogens with zero attached hydrogens (tertiary/aromatic N) is 6. The Hall–Kier alpha value is -4.02. The van der Waals surface area contributed by atoms with Gasteiger partial charge in [-0.3, -0.25) is 4.90 Å². The second-order valence-electron chi connectivity index (χ2n) is 10.8. The molecule has 0 radical (unpaired) electrons. The van der Waals surface area contributed by atoms with Gasteiger partial charge >= 0.3 is 0 Å². The Morgan fingerprint density at radius 2 is 1.92 bits per heavy atom. The van der Waals surface area contributed by atoms with E-state index in [1.54, 1.807) is 7.11 Å². The molecule has 1 aliphatic rings. The number of anilines is 3. The third-order valence-corrected chi connectivity index (χ3v) is 7.75. The van der Waals surface area contributed by atoms with Crippen molar-refractivity contribution >= 4 is 39.7 Å². The first-order valence-electron chi connectivity index (χ1n) is 13.3. The number of aryl methyl sites for hydroxylation is 2. The van der Waals surface area contributed by atoms with Gasteiger partial charge in [-0.05, 0) is 69.9 Å². The molecule has 4 heterocycles. The molecular formula is C29H34N8O2. The number of ether oxygens (including phenoxy) is 1. The van der Waals surface area contributed by atoms with Crippen molar-refractivity contribution in [1.82, 2.24) is 29.6 Å². The summed E-state index contributed by atoms with van der Waals surface area (Å²) >= 11 is 0. The van der Waals surface area contributed by atoms with E-state index in [9.17, 15) is 0 Å². The van der Waals surface area contributed by atoms with E-state index in [0.717, 1.165) is 76.1 Å². The van der Waals surface area contributed by atoms with Crippen LogP contribution in [0.3, 0.4) is 0 Å². The summed E-state index contributed by atoms with van der Waals surface area (Å²) in [6.07, 6.45) is 3.56. The van der Waals surface area contributed by atoms with Crippen molar-refractivity contribution in [3.05, 3.63) is 53.9 Å². The number of fused-ring (bicyclic) bond motifs is 2. The maximum Gasteiger partial charge on any atom is 0.300 e. The van der Waals surface area contributed by atoms with Crippen LogP contribution in [0.15, 0.2) is 47.1 Å². The molecular weight excluding hydrogens is 492 g/mol. The highest BCUT2D eigenvalue weighted by atomic mass is 16.5. The second-order valence-corrected chi connectivity index (χ2v) is 10.8. The third-order valence-electron chi connectivity index (χ3n) is 7.75. The molecule has 39 heavy (non-hydrogen) atoms. The lowest BCUT2D eigenvalue weighted by atomic mass is 10.0. The van der Waals surface area contributed by atoms with Gasteiger partial charge in [-0.15, -0.1) is 0 Å². The molecule has 2 aromatic carbocycles. The molecule has 0 bridgehead atoms. The van der Waals surface area contributed by atoms with Crippen LogP contribution in [0.5, 0.6) is 0 Å². The summed E-state index contributed by atoms with van der Waals surface area (Å²) in [5.74, 6) is 0.422. The molecule has 202 valence electrons. The summed E-state index contributed by atoms with van der Waals surface area (Å²) in [6, 6.07) is 12.7. The maximum absolute atomic E-state index is 6.38. The lowest BCUT2D eigenvalue weighted by Crippen LogP contribution is -2.50. The average Bonchev–Trinajstić information content (AvgIpc) is 3.52. The van der Waals surface area contributed by atoms with Crippen molar-refractivity contribution in [2.24, 2.45) is 0 Å². The molecule has 3 aromatic heterocycles. The number of likely N-dealkylation sites (tertiary alicyclic amines) is 1. The summed E-state index contributed by atoms with van der Waals surface area (Å²) in [7, 11) is 1.75. The number of oxazole rings is 1. The number of hydrogen-bond donors (Lipinski definition) is 2. The fraction of sp³-hybridized carbons (Fsp3) is 0.379. The molecule has 0 spiro atoms. The first-order valence-corrected chi connectivity index (χ1v) is 13.3. The van der Waals surface area contributed by atoms with Crippen molar-refractivity contribution < 1.29 is 9.15 Å². The zero-order valence-corrected chi connectivity index (χ0v) is 23.0. The normalized spacial score (nSPS) is 16.8. The monoisotopic (exact) mass is 526 g/mol. The van der Waals surface area contributed by atoms with Crippen LogP contribution in [-0.2, 0) is 4.74 Å². The van der Waals surface area contributed by atoms with Gasteiger partial charge in [-0.2, -0.15) is 10.1 Å². The first kappa shape index (κ1) is 25.3. The number of rotatable bonds is 6. The molecule has 6 rings (SSSR count). The minimum atomic E-state index is -0.354. The molecule has 10 heteroatoms. The van der Waals surface area contributed by atoms with Gasteiger partial charge in [-0.25, -0.2) is 14.6 Å². The highest BCUT2D eigenvalue weighted by Crippen LogP contribution is 2.35. The molecule has 3 N–H and O–H groups in total. The molecule has 1 aliphatic heterocycles. The van der Waals surface area contributed by atoms with Crippen LogP contribution in [-0.4, -0.2) is 55.6 Å². The smallest absolute Gasteiger partial charge is 0.300 e. The number of nitrogen functional groups attached to an aromatic ring is 1. The first-order chi connectivity index (χ1) is 18.7. The van der Waals surface area contributed by atoms with E-state index in [1.165, 1.54) is 6.33 Å².